The summed E-state index contributed by atoms with van der Waals surface area (Å²) in [6.07, 6.45) is 2.04. The number of carbonyl (C=O) groups is 1. The van der Waals surface area contributed by atoms with Gasteiger partial charge in [0.1, 0.15) is 6.10 Å². The number of H-pyrrole nitrogens is 1. The first kappa shape index (κ1) is 19.7. The van der Waals surface area contributed by atoms with Crippen molar-refractivity contribution in [3.05, 3.63) is 40.7 Å². The van der Waals surface area contributed by atoms with Crippen LogP contribution in [0.1, 0.15) is 30.3 Å². The molecule has 1 amide bonds. The number of aromatic nitrogens is 3. The quantitative estimate of drug-likeness (QED) is 0.723. The number of ether oxygens (including phenoxy) is 1. The molecule has 2 aliphatic rings. The fourth-order valence-corrected chi connectivity index (χ4v) is 4.45. The minimum Gasteiger partial charge on any atom is -0.370 e. The van der Waals surface area contributed by atoms with Crippen LogP contribution in [0.3, 0.4) is 0 Å². The predicted octanol–water partition coefficient (Wildman–Crippen LogP) is 2.75. The molecule has 3 heterocycles. The number of aromatic amines is 1. The average Bonchev–Trinajstić information content (AvgIpc) is 3.38. The second kappa shape index (κ2) is 9.26. The molecule has 9 heteroatoms. The summed E-state index contributed by atoms with van der Waals surface area (Å²) in [6, 6.07) is 7.94. The Bertz CT molecular complexity index is 803. The normalized spacial score (nSPS) is 20.6. The minimum absolute atomic E-state index is 0.0186. The molecule has 28 heavy (non-hydrogen) atoms. The molecule has 0 spiro atoms. The van der Waals surface area contributed by atoms with Crippen molar-refractivity contribution in [3.8, 4) is 0 Å². The highest BCUT2D eigenvalue weighted by Gasteiger charge is 2.23. The van der Waals surface area contributed by atoms with E-state index in [0.717, 1.165) is 63.0 Å². The lowest BCUT2D eigenvalue weighted by Crippen LogP contribution is -2.48. The van der Waals surface area contributed by atoms with Crippen molar-refractivity contribution >= 4 is 29.3 Å². The third-order valence-corrected chi connectivity index (χ3v) is 6.13. The maximum Gasteiger partial charge on any atom is 0.233 e. The molecule has 0 unspecified atom stereocenters. The highest BCUT2D eigenvalue weighted by atomic mass is 35.5. The Balaban J connectivity index is 1.21. The summed E-state index contributed by atoms with van der Waals surface area (Å²) in [7, 11) is 0. The SMILES string of the molecule is O=C(CSc1n[nH]c([C@@H]2CCCO2)n1)N1CCN(Cc2cccc(Cl)c2)CC1. The van der Waals surface area contributed by atoms with Gasteiger partial charge >= 0.3 is 0 Å². The summed E-state index contributed by atoms with van der Waals surface area (Å²) in [5.41, 5.74) is 1.20. The highest BCUT2D eigenvalue weighted by molar-refractivity contribution is 7.99. The van der Waals surface area contributed by atoms with Crippen LogP contribution >= 0.6 is 23.4 Å². The Kier molecular flexibility index (Phi) is 6.51. The van der Waals surface area contributed by atoms with Crippen molar-refractivity contribution in [2.75, 3.05) is 38.5 Å². The Morgan fingerprint density at radius 3 is 2.93 bits per heavy atom. The van der Waals surface area contributed by atoms with E-state index >= 15 is 0 Å². The molecule has 2 saturated heterocycles. The summed E-state index contributed by atoms with van der Waals surface area (Å²) in [6.45, 7) is 4.86. The van der Waals surface area contributed by atoms with Gasteiger partial charge < -0.3 is 9.64 Å². The highest BCUT2D eigenvalue weighted by Crippen LogP contribution is 2.27. The van der Waals surface area contributed by atoms with Gasteiger partial charge in [0.2, 0.25) is 11.1 Å². The van der Waals surface area contributed by atoms with Crippen LogP contribution in [0.4, 0.5) is 0 Å². The largest absolute Gasteiger partial charge is 0.370 e. The molecule has 0 aliphatic carbocycles. The van der Waals surface area contributed by atoms with Gasteiger partial charge in [-0.3, -0.25) is 14.8 Å². The molecule has 0 radical (unpaired) electrons. The molecule has 1 N–H and O–H groups in total. The standard InChI is InChI=1S/C19H24ClN5O2S/c20-15-4-1-3-14(11-15)12-24-6-8-25(9-7-24)17(26)13-28-19-21-18(22-23-19)16-5-2-10-27-16/h1,3-4,11,16H,2,5-10,12-13H2,(H,21,22,23)/t16-/m0/s1. The van der Waals surface area contributed by atoms with Crippen LogP contribution in [0.5, 0.6) is 0 Å². The zero-order chi connectivity index (χ0) is 19.3. The fourth-order valence-electron chi connectivity index (χ4n) is 3.53. The maximum atomic E-state index is 12.5. The first-order valence-corrected chi connectivity index (χ1v) is 10.9. The lowest BCUT2D eigenvalue weighted by molar-refractivity contribution is -0.130. The number of nitrogens with one attached hydrogen (secondary N) is 1. The minimum atomic E-state index is 0.0186. The van der Waals surface area contributed by atoms with Gasteiger partial charge in [0, 0.05) is 44.4 Å². The van der Waals surface area contributed by atoms with Crippen LogP contribution in [0.15, 0.2) is 29.4 Å². The van der Waals surface area contributed by atoms with Crippen molar-refractivity contribution in [2.24, 2.45) is 0 Å². The van der Waals surface area contributed by atoms with Crippen LogP contribution in [0.25, 0.3) is 0 Å². The number of hydrogen-bond acceptors (Lipinski definition) is 6. The van der Waals surface area contributed by atoms with E-state index in [2.05, 4.69) is 26.1 Å². The summed E-state index contributed by atoms with van der Waals surface area (Å²) in [4.78, 5) is 21.3. The Morgan fingerprint density at radius 1 is 1.32 bits per heavy atom. The van der Waals surface area contributed by atoms with Crippen molar-refractivity contribution in [3.63, 3.8) is 0 Å². The predicted molar refractivity (Wildman–Crippen MR) is 108 cm³/mol. The fraction of sp³-hybridized carbons (Fsp3) is 0.526. The first-order chi connectivity index (χ1) is 13.7. The van der Waals surface area contributed by atoms with E-state index in [4.69, 9.17) is 16.3 Å². The second-order valence-corrected chi connectivity index (χ2v) is 8.46. The number of benzene rings is 1. The lowest BCUT2D eigenvalue weighted by Gasteiger charge is -2.34. The van der Waals surface area contributed by atoms with Gasteiger partial charge in [0.05, 0.1) is 5.75 Å². The monoisotopic (exact) mass is 421 g/mol. The van der Waals surface area contributed by atoms with Gasteiger partial charge in [-0.1, -0.05) is 35.5 Å². The van der Waals surface area contributed by atoms with E-state index in [1.54, 1.807) is 0 Å². The molecular weight excluding hydrogens is 398 g/mol. The number of nitrogens with zero attached hydrogens (tertiary/aromatic N) is 4. The molecule has 1 aromatic carbocycles. The van der Waals surface area contributed by atoms with Gasteiger partial charge in [-0.05, 0) is 30.5 Å². The number of carbonyl (C=O) groups excluding carboxylic acids is 1. The zero-order valence-corrected chi connectivity index (χ0v) is 17.2. The molecule has 2 aromatic rings. The summed E-state index contributed by atoms with van der Waals surface area (Å²) in [5.74, 6) is 1.26. The summed E-state index contributed by atoms with van der Waals surface area (Å²) < 4.78 is 5.60. The van der Waals surface area contributed by atoms with Crippen LogP contribution in [0, 0.1) is 0 Å². The summed E-state index contributed by atoms with van der Waals surface area (Å²) in [5, 5.41) is 8.51. The molecule has 0 saturated carbocycles. The van der Waals surface area contributed by atoms with Gasteiger partial charge in [-0.2, -0.15) is 0 Å². The molecule has 0 bridgehead atoms. The van der Waals surface area contributed by atoms with Gasteiger partial charge in [-0.25, -0.2) is 4.98 Å². The van der Waals surface area contributed by atoms with Crippen molar-refractivity contribution < 1.29 is 9.53 Å². The van der Waals surface area contributed by atoms with E-state index in [9.17, 15) is 4.79 Å². The van der Waals surface area contributed by atoms with E-state index in [1.165, 1.54) is 17.3 Å². The smallest absolute Gasteiger partial charge is 0.233 e. The number of halogens is 1. The molecule has 2 aliphatic heterocycles. The number of hydrogen-bond donors (Lipinski definition) is 1. The van der Waals surface area contributed by atoms with E-state index in [0.29, 0.717) is 10.9 Å². The number of amides is 1. The van der Waals surface area contributed by atoms with Gasteiger partial charge in [0.25, 0.3) is 0 Å². The van der Waals surface area contributed by atoms with E-state index in [-0.39, 0.29) is 12.0 Å². The molecule has 4 rings (SSSR count). The van der Waals surface area contributed by atoms with Crippen molar-refractivity contribution in [1.82, 2.24) is 25.0 Å². The Morgan fingerprint density at radius 2 is 2.18 bits per heavy atom. The molecule has 1 atom stereocenters. The van der Waals surface area contributed by atoms with Crippen LogP contribution in [0.2, 0.25) is 5.02 Å². The molecule has 7 nitrogen and oxygen atoms in total. The van der Waals surface area contributed by atoms with Crippen molar-refractivity contribution in [1.29, 1.82) is 0 Å². The van der Waals surface area contributed by atoms with Crippen LogP contribution in [-0.2, 0) is 16.1 Å². The van der Waals surface area contributed by atoms with Gasteiger partial charge in [0.15, 0.2) is 5.82 Å². The van der Waals surface area contributed by atoms with E-state index < -0.39 is 0 Å². The topological polar surface area (TPSA) is 74.3 Å². The van der Waals surface area contributed by atoms with Gasteiger partial charge in [-0.15, -0.1) is 5.10 Å². The van der Waals surface area contributed by atoms with Crippen molar-refractivity contribution in [2.45, 2.75) is 30.6 Å². The van der Waals surface area contributed by atoms with E-state index in [1.807, 2.05) is 23.1 Å². The molecule has 2 fully saturated rings. The maximum absolute atomic E-state index is 12.5. The lowest BCUT2D eigenvalue weighted by atomic mass is 10.2. The average molecular weight is 422 g/mol. The number of thioether (sulfide) groups is 1. The Labute approximate surface area is 173 Å². The summed E-state index contributed by atoms with van der Waals surface area (Å²) >= 11 is 7.44. The zero-order valence-electron chi connectivity index (χ0n) is 15.6. The Hall–Kier alpha value is -1.61. The molecule has 150 valence electrons. The second-order valence-electron chi connectivity index (χ2n) is 7.08. The number of rotatable bonds is 6. The van der Waals surface area contributed by atoms with Crippen LogP contribution < -0.4 is 0 Å². The third-order valence-electron chi connectivity index (χ3n) is 5.06. The third kappa shape index (κ3) is 5.05. The molecular formula is C19H24ClN5O2S. The van der Waals surface area contributed by atoms with Crippen LogP contribution in [-0.4, -0.2) is 69.4 Å². The molecule has 1 aromatic heterocycles. The number of piperazine rings is 1. The first-order valence-electron chi connectivity index (χ1n) is 9.58.